The molecule has 0 bridgehead atoms. The van der Waals surface area contributed by atoms with E-state index in [1.54, 1.807) is 11.9 Å². The van der Waals surface area contributed by atoms with Crippen molar-refractivity contribution in [2.45, 2.75) is 12.8 Å². The van der Waals surface area contributed by atoms with E-state index >= 15 is 0 Å². The summed E-state index contributed by atoms with van der Waals surface area (Å²) >= 11 is 0. The zero-order chi connectivity index (χ0) is 8.69. The molecule has 0 unspecified atom stereocenters. The molecule has 0 saturated heterocycles. The third-order valence-electron chi connectivity index (χ3n) is 1.27. The van der Waals surface area contributed by atoms with Gasteiger partial charge in [0.25, 0.3) is 0 Å². The topological polar surface area (TPSA) is 64.3 Å². The lowest BCUT2D eigenvalue weighted by molar-refractivity contribution is -0.137. The number of rotatable bonds is 5. The zero-order valence-corrected chi connectivity index (χ0v) is 6.58. The van der Waals surface area contributed by atoms with Crippen molar-refractivity contribution < 1.29 is 9.90 Å². The molecular formula is C7H12N2O2. The predicted molar refractivity (Wildman–Crippen MR) is 40.0 cm³/mol. The summed E-state index contributed by atoms with van der Waals surface area (Å²) < 4.78 is 0. The fourth-order valence-corrected chi connectivity index (χ4v) is 0.700. The van der Waals surface area contributed by atoms with Crippen molar-refractivity contribution in [2.75, 3.05) is 20.1 Å². The number of carbonyl (C=O) groups is 1. The molecule has 0 aromatic heterocycles. The fourth-order valence-electron chi connectivity index (χ4n) is 0.700. The Morgan fingerprint density at radius 1 is 1.73 bits per heavy atom. The molecule has 4 nitrogen and oxygen atoms in total. The van der Waals surface area contributed by atoms with E-state index in [1.807, 2.05) is 6.07 Å². The van der Waals surface area contributed by atoms with Gasteiger partial charge >= 0.3 is 5.97 Å². The van der Waals surface area contributed by atoms with Crippen molar-refractivity contribution in [3.8, 4) is 6.07 Å². The summed E-state index contributed by atoms with van der Waals surface area (Å²) in [6.07, 6.45) is 0.781. The minimum atomic E-state index is -0.782. The molecule has 0 spiro atoms. The van der Waals surface area contributed by atoms with Crippen LogP contribution in [0.5, 0.6) is 0 Å². The van der Waals surface area contributed by atoms with Crippen molar-refractivity contribution in [3.63, 3.8) is 0 Å². The zero-order valence-electron chi connectivity index (χ0n) is 6.58. The molecule has 0 saturated carbocycles. The second-order valence-corrected chi connectivity index (χ2v) is 2.39. The van der Waals surface area contributed by atoms with Crippen molar-refractivity contribution in [1.29, 1.82) is 5.26 Å². The van der Waals surface area contributed by atoms with Gasteiger partial charge in [0.2, 0.25) is 0 Å². The molecule has 0 amide bonds. The van der Waals surface area contributed by atoms with Crippen molar-refractivity contribution in [1.82, 2.24) is 4.90 Å². The van der Waals surface area contributed by atoms with Crippen LogP contribution in [0.1, 0.15) is 12.8 Å². The van der Waals surface area contributed by atoms with Gasteiger partial charge in [-0.2, -0.15) is 5.26 Å². The van der Waals surface area contributed by atoms with Crippen molar-refractivity contribution in [2.24, 2.45) is 0 Å². The van der Waals surface area contributed by atoms with Gasteiger partial charge in [-0.25, -0.2) is 0 Å². The molecule has 1 N–H and O–H groups in total. The van der Waals surface area contributed by atoms with Crippen LogP contribution in [0.25, 0.3) is 0 Å². The summed E-state index contributed by atoms with van der Waals surface area (Å²) in [4.78, 5) is 11.8. The average molecular weight is 156 g/mol. The first-order valence-electron chi connectivity index (χ1n) is 3.44. The number of hydrogen-bond acceptors (Lipinski definition) is 3. The Bertz CT molecular complexity index is 162. The van der Waals surface area contributed by atoms with Crippen LogP contribution in [0, 0.1) is 11.3 Å². The lowest BCUT2D eigenvalue weighted by Crippen LogP contribution is -2.20. The molecule has 0 aliphatic heterocycles. The van der Waals surface area contributed by atoms with E-state index in [0.717, 1.165) is 0 Å². The van der Waals surface area contributed by atoms with Crippen LogP contribution >= 0.6 is 0 Å². The highest BCUT2D eigenvalue weighted by Crippen LogP contribution is 1.91. The number of nitrogens with zero attached hydrogens (tertiary/aromatic N) is 2. The number of aliphatic carboxylic acids is 1. The summed E-state index contributed by atoms with van der Waals surface area (Å²) in [7, 11) is 1.80. The molecule has 0 atom stereocenters. The molecule has 0 radical (unpaired) electrons. The van der Waals surface area contributed by atoms with Gasteiger partial charge in [0.05, 0.1) is 12.6 Å². The number of hydrogen-bond donors (Lipinski definition) is 1. The van der Waals surface area contributed by atoms with Crippen LogP contribution in [0.15, 0.2) is 0 Å². The maximum Gasteiger partial charge on any atom is 0.303 e. The van der Waals surface area contributed by atoms with Gasteiger partial charge in [-0.3, -0.25) is 9.69 Å². The van der Waals surface area contributed by atoms with E-state index in [1.165, 1.54) is 0 Å². The summed E-state index contributed by atoms with van der Waals surface area (Å²) in [5.74, 6) is -0.782. The van der Waals surface area contributed by atoms with Crippen LogP contribution in [0.2, 0.25) is 0 Å². The van der Waals surface area contributed by atoms with Gasteiger partial charge in [-0.15, -0.1) is 0 Å². The van der Waals surface area contributed by atoms with Gasteiger partial charge in [0.15, 0.2) is 0 Å². The maximum absolute atomic E-state index is 10.1. The maximum atomic E-state index is 10.1. The number of carboxylic acids is 1. The first-order chi connectivity index (χ1) is 5.16. The molecule has 0 aliphatic rings. The molecule has 0 aliphatic carbocycles. The third-order valence-corrected chi connectivity index (χ3v) is 1.27. The standard InChI is InChI=1S/C7H12N2O2/c1-9(6-4-8)5-2-3-7(10)11/h2-3,5-6H2,1H3,(H,10,11). The van der Waals surface area contributed by atoms with Crippen LogP contribution in [-0.4, -0.2) is 36.1 Å². The molecule has 62 valence electrons. The van der Waals surface area contributed by atoms with Crippen LogP contribution < -0.4 is 0 Å². The highest BCUT2D eigenvalue weighted by Gasteiger charge is 1.99. The van der Waals surface area contributed by atoms with Crippen LogP contribution in [0.3, 0.4) is 0 Å². The SMILES string of the molecule is CN(CC#N)CCCC(=O)O. The van der Waals surface area contributed by atoms with Gasteiger partial charge in [0, 0.05) is 6.42 Å². The van der Waals surface area contributed by atoms with Crippen molar-refractivity contribution >= 4 is 5.97 Å². The van der Waals surface area contributed by atoms with Crippen LogP contribution in [0.4, 0.5) is 0 Å². The third kappa shape index (κ3) is 6.81. The van der Waals surface area contributed by atoms with E-state index in [4.69, 9.17) is 10.4 Å². The van der Waals surface area contributed by atoms with Gasteiger partial charge in [0.1, 0.15) is 0 Å². The molecule has 11 heavy (non-hydrogen) atoms. The van der Waals surface area contributed by atoms with E-state index in [-0.39, 0.29) is 6.42 Å². The molecule has 0 fully saturated rings. The Hall–Kier alpha value is -1.08. The monoisotopic (exact) mass is 156 g/mol. The van der Waals surface area contributed by atoms with Gasteiger partial charge < -0.3 is 5.11 Å². The normalized spacial score (nSPS) is 9.55. The molecule has 0 heterocycles. The first kappa shape index (κ1) is 9.92. The minimum Gasteiger partial charge on any atom is -0.481 e. The smallest absolute Gasteiger partial charge is 0.303 e. The second kappa shape index (κ2) is 5.69. The summed E-state index contributed by atoms with van der Waals surface area (Å²) in [6, 6.07) is 1.98. The minimum absolute atomic E-state index is 0.176. The largest absolute Gasteiger partial charge is 0.481 e. The summed E-state index contributed by atoms with van der Waals surface area (Å²) in [5.41, 5.74) is 0. The number of nitriles is 1. The van der Waals surface area contributed by atoms with E-state index < -0.39 is 5.97 Å². The van der Waals surface area contributed by atoms with E-state index in [9.17, 15) is 4.79 Å². The van der Waals surface area contributed by atoms with Gasteiger partial charge in [-0.1, -0.05) is 0 Å². The average Bonchev–Trinajstić information content (AvgIpc) is 1.87. The quantitative estimate of drug-likeness (QED) is 0.582. The second-order valence-electron chi connectivity index (χ2n) is 2.39. The van der Waals surface area contributed by atoms with E-state index in [2.05, 4.69) is 0 Å². The first-order valence-corrected chi connectivity index (χ1v) is 3.44. The van der Waals surface area contributed by atoms with Crippen LogP contribution in [-0.2, 0) is 4.79 Å². The Balaban J connectivity index is 3.25. The molecule has 0 rings (SSSR count). The Kier molecular flexibility index (Phi) is 5.13. The fraction of sp³-hybridized carbons (Fsp3) is 0.714. The lowest BCUT2D eigenvalue weighted by atomic mass is 10.3. The Labute approximate surface area is 66.0 Å². The Morgan fingerprint density at radius 3 is 2.82 bits per heavy atom. The van der Waals surface area contributed by atoms with Crippen molar-refractivity contribution in [3.05, 3.63) is 0 Å². The summed E-state index contributed by atoms with van der Waals surface area (Å²) in [5, 5.41) is 16.5. The Morgan fingerprint density at radius 2 is 2.36 bits per heavy atom. The molecular weight excluding hydrogens is 144 g/mol. The molecule has 0 aromatic carbocycles. The molecule has 0 aromatic rings. The summed E-state index contributed by atoms with van der Waals surface area (Å²) in [6.45, 7) is 1.03. The van der Waals surface area contributed by atoms with Gasteiger partial charge in [-0.05, 0) is 20.0 Å². The highest BCUT2D eigenvalue weighted by atomic mass is 16.4. The highest BCUT2D eigenvalue weighted by molar-refractivity contribution is 5.66. The number of carboxylic acid groups (broad SMARTS) is 1. The van der Waals surface area contributed by atoms with E-state index in [0.29, 0.717) is 19.5 Å². The predicted octanol–water partition coefficient (Wildman–Crippen LogP) is 0.307. The molecule has 4 heteroatoms. The lowest BCUT2D eigenvalue weighted by Gasteiger charge is -2.09.